The number of ether oxygens (including phenoxy) is 2. The third-order valence-electron chi connectivity index (χ3n) is 4.07. The van der Waals surface area contributed by atoms with Gasteiger partial charge in [0, 0.05) is 11.1 Å². The van der Waals surface area contributed by atoms with E-state index >= 15 is 0 Å². The minimum Gasteiger partial charge on any atom is -0.489 e. The number of benzene rings is 2. The zero-order chi connectivity index (χ0) is 19.9. The minimum absolute atomic E-state index is 0.447. The quantitative estimate of drug-likeness (QED) is 0.604. The maximum atomic E-state index is 11.5. The van der Waals surface area contributed by atoms with E-state index in [4.69, 9.17) is 9.47 Å². The highest BCUT2D eigenvalue weighted by molar-refractivity contribution is 5.77. The molecule has 0 atom stereocenters. The molecular weight excluding hydrogens is 340 g/mol. The normalized spacial score (nSPS) is 10.9. The summed E-state index contributed by atoms with van der Waals surface area (Å²) in [6, 6.07) is 13.7. The van der Waals surface area contributed by atoms with Crippen LogP contribution in [0.25, 0.3) is 0 Å². The van der Waals surface area contributed by atoms with Gasteiger partial charge in [0.1, 0.15) is 18.1 Å². The maximum absolute atomic E-state index is 11.5. The lowest BCUT2D eigenvalue weighted by Gasteiger charge is -2.26. The van der Waals surface area contributed by atoms with Crippen LogP contribution in [0.15, 0.2) is 67.8 Å². The van der Waals surface area contributed by atoms with Gasteiger partial charge in [-0.15, -0.1) is 13.2 Å². The van der Waals surface area contributed by atoms with Gasteiger partial charge in [-0.25, -0.2) is 4.79 Å². The number of allylic oxidation sites excluding steroid dienone is 2. The van der Waals surface area contributed by atoms with Crippen molar-refractivity contribution in [1.82, 2.24) is 0 Å². The second-order valence-corrected chi connectivity index (χ2v) is 6.75. The molecule has 0 aromatic heterocycles. The molecule has 0 aliphatic rings. The predicted molar refractivity (Wildman–Crippen MR) is 107 cm³/mol. The van der Waals surface area contributed by atoms with E-state index in [0.717, 1.165) is 16.7 Å². The molecule has 0 spiro atoms. The summed E-state index contributed by atoms with van der Waals surface area (Å²) in [7, 11) is 0. The van der Waals surface area contributed by atoms with E-state index in [1.165, 1.54) is 13.8 Å². The van der Waals surface area contributed by atoms with Gasteiger partial charge < -0.3 is 14.6 Å². The van der Waals surface area contributed by atoms with Gasteiger partial charge >= 0.3 is 5.97 Å². The summed E-state index contributed by atoms with van der Waals surface area (Å²) in [6.07, 6.45) is 4.60. The molecule has 2 aromatic rings. The average Bonchev–Trinajstić information content (AvgIpc) is 2.63. The second-order valence-electron chi connectivity index (χ2n) is 6.75. The van der Waals surface area contributed by atoms with Crippen molar-refractivity contribution in [2.75, 3.05) is 0 Å². The smallest absolute Gasteiger partial charge is 0.347 e. The van der Waals surface area contributed by atoms with Crippen molar-refractivity contribution in [3.05, 3.63) is 84.5 Å². The van der Waals surface area contributed by atoms with Crippen LogP contribution < -0.4 is 9.47 Å². The highest BCUT2D eigenvalue weighted by atomic mass is 16.5. The van der Waals surface area contributed by atoms with Gasteiger partial charge in [0.15, 0.2) is 5.60 Å². The van der Waals surface area contributed by atoms with Crippen LogP contribution in [-0.2, 0) is 24.2 Å². The SMILES string of the molecule is C=CCc1cc(OCc2ccccc2)cc(CC=C)c1OC(C)(C)C(=O)O. The molecule has 0 radical (unpaired) electrons. The number of carboxylic acids is 1. The van der Waals surface area contributed by atoms with E-state index < -0.39 is 11.6 Å². The molecule has 2 rings (SSSR count). The highest BCUT2D eigenvalue weighted by Gasteiger charge is 2.31. The van der Waals surface area contributed by atoms with Crippen LogP contribution >= 0.6 is 0 Å². The van der Waals surface area contributed by atoms with Gasteiger partial charge in [0.2, 0.25) is 0 Å². The first-order valence-electron chi connectivity index (χ1n) is 8.84. The zero-order valence-corrected chi connectivity index (χ0v) is 15.9. The molecule has 0 saturated heterocycles. The standard InChI is InChI=1S/C23H26O4/c1-5-10-18-14-20(26-16-17-12-8-7-9-13-17)15-19(11-6-2)21(18)27-23(3,4)22(24)25/h5-9,12-15H,1-2,10-11,16H2,3-4H3,(H,24,25). The summed E-state index contributed by atoms with van der Waals surface area (Å²) >= 11 is 0. The lowest BCUT2D eigenvalue weighted by molar-refractivity contribution is -0.152. The van der Waals surface area contributed by atoms with Gasteiger partial charge in [-0.05, 0) is 44.4 Å². The predicted octanol–water partition coefficient (Wildman–Crippen LogP) is 4.96. The molecule has 0 bridgehead atoms. The Hall–Kier alpha value is -3.01. The molecular formula is C23H26O4. The number of aliphatic carboxylic acids is 1. The maximum Gasteiger partial charge on any atom is 0.347 e. The largest absolute Gasteiger partial charge is 0.489 e. The summed E-state index contributed by atoms with van der Waals surface area (Å²) < 4.78 is 11.9. The van der Waals surface area contributed by atoms with E-state index in [-0.39, 0.29) is 0 Å². The highest BCUT2D eigenvalue weighted by Crippen LogP contribution is 2.34. The Labute approximate surface area is 160 Å². The third-order valence-corrected chi connectivity index (χ3v) is 4.07. The lowest BCUT2D eigenvalue weighted by Crippen LogP contribution is -2.38. The fraction of sp³-hybridized carbons (Fsp3) is 0.261. The van der Waals surface area contributed by atoms with Crippen LogP contribution in [0, 0.1) is 0 Å². The van der Waals surface area contributed by atoms with E-state index in [9.17, 15) is 9.90 Å². The molecule has 0 aliphatic heterocycles. The third kappa shape index (κ3) is 5.48. The topological polar surface area (TPSA) is 55.8 Å². The summed E-state index contributed by atoms with van der Waals surface area (Å²) in [5.41, 5.74) is 1.39. The lowest BCUT2D eigenvalue weighted by atomic mass is 10.0. The van der Waals surface area contributed by atoms with Gasteiger partial charge in [0.05, 0.1) is 0 Å². The van der Waals surface area contributed by atoms with Crippen LogP contribution in [-0.4, -0.2) is 16.7 Å². The monoisotopic (exact) mass is 366 g/mol. The first-order valence-corrected chi connectivity index (χ1v) is 8.84. The van der Waals surface area contributed by atoms with Crippen molar-refractivity contribution < 1.29 is 19.4 Å². The molecule has 142 valence electrons. The van der Waals surface area contributed by atoms with Crippen LogP contribution in [0.1, 0.15) is 30.5 Å². The fourth-order valence-electron chi connectivity index (χ4n) is 2.59. The van der Waals surface area contributed by atoms with Crippen molar-refractivity contribution >= 4 is 5.97 Å². The summed E-state index contributed by atoms with van der Waals surface area (Å²) in [4.78, 5) is 11.5. The van der Waals surface area contributed by atoms with Gasteiger partial charge in [-0.2, -0.15) is 0 Å². The van der Waals surface area contributed by atoms with Gasteiger partial charge in [0.25, 0.3) is 0 Å². The van der Waals surface area contributed by atoms with E-state index in [1.54, 1.807) is 12.2 Å². The number of carboxylic acid groups (broad SMARTS) is 1. The van der Waals surface area contributed by atoms with Crippen molar-refractivity contribution in [1.29, 1.82) is 0 Å². The summed E-state index contributed by atoms with van der Waals surface area (Å²) in [6.45, 7) is 11.1. The molecule has 0 fully saturated rings. The van der Waals surface area contributed by atoms with Crippen molar-refractivity contribution in [3.8, 4) is 11.5 Å². The average molecular weight is 366 g/mol. The Bertz CT molecular complexity index is 775. The molecule has 1 N–H and O–H groups in total. The number of rotatable bonds is 10. The first kappa shape index (κ1) is 20.3. The van der Waals surface area contributed by atoms with Crippen molar-refractivity contribution in [2.45, 2.75) is 38.9 Å². The fourth-order valence-corrected chi connectivity index (χ4v) is 2.59. The zero-order valence-electron chi connectivity index (χ0n) is 15.9. The number of carbonyl (C=O) groups is 1. The second kappa shape index (κ2) is 9.08. The first-order chi connectivity index (χ1) is 12.9. The van der Waals surface area contributed by atoms with Crippen LogP contribution in [0.5, 0.6) is 11.5 Å². The Morgan fingerprint density at radius 1 is 1.07 bits per heavy atom. The molecule has 0 amide bonds. The number of hydrogen-bond acceptors (Lipinski definition) is 3. The Balaban J connectivity index is 2.38. The Morgan fingerprint density at radius 3 is 2.11 bits per heavy atom. The molecule has 27 heavy (non-hydrogen) atoms. The van der Waals surface area contributed by atoms with Crippen molar-refractivity contribution in [3.63, 3.8) is 0 Å². The molecule has 0 unspecified atom stereocenters. The molecule has 4 heteroatoms. The van der Waals surface area contributed by atoms with Gasteiger partial charge in [-0.3, -0.25) is 0 Å². The van der Waals surface area contributed by atoms with E-state index in [1.807, 2.05) is 42.5 Å². The Morgan fingerprint density at radius 2 is 1.63 bits per heavy atom. The van der Waals surface area contributed by atoms with Crippen LogP contribution in [0.2, 0.25) is 0 Å². The van der Waals surface area contributed by atoms with Gasteiger partial charge in [-0.1, -0.05) is 42.5 Å². The summed E-state index contributed by atoms with van der Waals surface area (Å²) in [5, 5.41) is 9.42. The minimum atomic E-state index is -1.35. The van der Waals surface area contributed by atoms with Crippen molar-refractivity contribution in [2.24, 2.45) is 0 Å². The molecule has 4 nitrogen and oxygen atoms in total. The molecule has 0 heterocycles. The van der Waals surface area contributed by atoms with Crippen LogP contribution in [0.4, 0.5) is 0 Å². The Kier molecular flexibility index (Phi) is 6.83. The van der Waals surface area contributed by atoms with E-state index in [0.29, 0.717) is 30.9 Å². The molecule has 2 aromatic carbocycles. The molecule has 0 aliphatic carbocycles. The summed E-state index contributed by atoms with van der Waals surface area (Å²) in [5.74, 6) is 0.225. The number of hydrogen-bond donors (Lipinski definition) is 1. The van der Waals surface area contributed by atoms with E-state index in [2.05, 4.69) is 13.2 Å². The molecule has 0 saturated carbocycles. The van der Waals surface area contributed by atoms with Crippen LogP contribution in [0.3, 0.4) is 0 Å².